The molecule has 2 fully saturated rings. The second-order valence-corrected chi connectivity index (χ2v) is 13.6. The van der Waals surface area contributed by atoms with Gasteiger partial charge in [0.25, 0.3) is 0 Å². The number of hydrogen-bond donors (Lipinski definition) is 0. The van der Waals surface area contributed by atoms with E-state index in [0.29, 0.717) is 6.54 Å². The molecule has 0 N–H and O–H groups in total. The maximum Gasteiger partial charge on any atom is 0.303 e. The second kappa shape index (κ2) is 24.1. The molecule has 2 aliphatic rings. The highest BCUT2D eigenvalue weighted by atomic mass is 16.7. The summed E-state index contributed by atoms with van der Waals surface area (Å²) in [5.41, 5.74) is 0.886. The average Bonchev–Trinajstić information content (AvgIpc) is 3.13. The predicted octanol–water partition coefficient (Wildman–Crippen LogP) is 0.688. The monoisotopic (exact) mass is 855 g/mol. The van der Waals surface area contributed by atoms with E-state index in [1.165, 1.54) is 0 Å². The molecule has 0 aliphatic carbocycles. The van der Waals surface area contributed by atoms with Crippen molar-refractivity contribution in [3.8, 4) is 0 Å². The molecule has 1 aromatic rings. The van der Waals surface area contributed by atoms with Gasteiger partial charge in [0.15, 0.2) is 49.2 Å². The molecule has 0 bridgehead atoms. The van der Waals surface area contributed by atoms with E-state index in [1.807, 2.05) is 35.2 Å². The van der Waals surface area contributed by atoms with Gasteiger partial charge < -0.3 is 56.8 Å². The minimum Gasteiger partial charge on any atom is -0.463 e. The number of rotatable bonds is 20. The van der Waals surface area contributed by atoms with Crippen LogP contribution in [0.1, 0.15) is 61.0 Å². The molecule has 0 saturated carbocycles. The van der Waals surface area contributed by atoms with Gasteiger partial charge in [-0.2, -0.15) is 0 Å². The van der Waals surface area contributed by atoms with E-state index in [0.717, 1.165) is 61.0 Å². The Balaban J connectivity index is 1.87. The highest BCUT2D eigenvalue weighted by molar-refractivity contribution is 5.70. The second-order valence-electron chi connectivity index (χ2n) is 13.6. The zero-order valence-electron chi connectivity index (χ0n) is 34.7. The topological polar surface area (TPSA) is 251 Å². The fraction of sp³-hybridized carbons (Fsp3) is 0.641. The molecule has 1 aromatic carbocycles. The van der Waals surface area contributed by atoms with E-state index in [2.05, 4.69) is 0 Å². The van der Waals surface area contributed by atoms with Gasteiger partial charge in [-0.15, -0.1) is 0 Å². The lowest BCUT2D eigenvalue weighted by molar-refractivity contribution is -0.310. The van der Waals surface area contributed by atoms with Crippen molar-refractivity contribution in [3.05, 3.63) is 35.9 Å². The summed E-state index contributed by atoms with van der Waals surface area (Å²) in [6.45, 7) is 8.52. The Morgan fingerprint density at radius 1 is 0.467 bits per heavy atom. The molecule has 2 saturated heterocycles. The third-order valence-electron chi connectivity index (χ3n) is 8.52. The van der Waals surface area contributed by atoms with Crippen molar-refractivity contribution in [3.63, 3.8) is 0 Å². The molecular weight excluding hydrogens is 802 g/mol. The van der Waals surface area contributed by atoms with Crippen LogP contribution in [0, 0.1) is 0 Å². The van der Waals surface area contributed by atoms with Gasteiger partial charge in [-0.1, -0.05) is 30.3 Å². The summed E-state index contributed by atoms with van der Waals surface area (Å²) in [6, 6.07) is 9.29. The third-order valence-corrected chi connectivity index (χ3v) is 8.52. The van der Waals surface area contributed by atoms with E-state index >= 15 is 0 Å². The van der Waals surface area contributed by atoms with Crippen molar-refractivity contribution in [1.29, 1.82) is 0 Å². The zero-order valence-corrected chi connectivity index (χ0v) is 34.7. The Bertz CT molecular complexity index is 1540. The van der Waals surface area contributed by atoms with Crippen LogP contribution in [0.15, 0.2) is 30.3 Å². The van der Waals surface area contributed by atoms with Crippen molar-refractivity contribution in [2.45, 2.75) is 123 Å². The summed E-state index contributed by atoms with van der Waals surface area (Å²) in [4.78, 5) is 98.6. The normalized spacial score (nSPS) is 26.1. The standard InChI is InChI=1S/C39H53NO20/c1-21(41)51-19-30-32(53-23(3)43)34(55-25(5)45)36(57-27(7)47)38(59-30)49-16-14-40(18-29-12-10-9-11-13-29)15-17-50-39-37(58-28(8)48)35(56-26(6)46)33(54-24(4)44)31(60-39)20-52-22(2)42/h9-13,30-39H,14-20H2,1-8H3/t30-,31-,32-,33-,34+,35+,36+,37+,38+,39+/m1/s1. The Kier molecular flexibility index (Phi) is 19.8. The van der Waals surface area contributed by atoms with Crippen molar-refractivity contribution in [1.82, 2.24) is 4.90 Å². The summed E-state index contributed by atoms with van der Waals surface area (Å²) in [5, 5.41) is 0. The molecular formula is C39H53NO20. The van der Waals surface area contributed by atoms with Crippen LogP contribution < -0.4 is 0 Å². The largest absolute Gasteiger partial charge is 0.463 e. The molecule has 60 heavy (non-hydrogen) atoms. The zero-order chi connectivity index (χ0) is 44.5. The van der Waals surface area contributed by atoms with E-state index in [-0.39, 0.29) is 26.3 Å². The van der Waals surface area contributed by atoms with Crippen LogP contribution in [0.4, 0.5) is 0 Å². The molecule has 3 rings (SSSR count). The summed E-state index contributed by atoms with van der Waals surface area (Å²) < 4.78 is 67.4. The van der Waals surface area contributed by atoms with Gasteiger partial charge in [-0.25, -0.2) is 0 Å². The number of benzene rings is 1. The number of hydrogen-bond acceptors (Lipinski definition) is 21. The van der Waals surface area contributed by atoms with Gasteiger partial charge in [0.1, 0.15) is 25.4 Å². The SMILES string of the molecule is CC(=O)OC[C@H]1O[C@H](OCCN(CCO[C@H]2O[C@H](COC(C)=O)[C@@H](OC(C)=O)[C@H](OC(C)=O)[C@@H]2OC(C)=O)Cc2ccccc2)[C@@H](OC(C)=O)[C@@H](OC(C)=O)[C@@H]1OC(C)=O. The van der Waals surface area contributed by atoms with Gasteiger partial charge in [0.05, 0.1) is 13.2 Å². The lowest BCUT2D eigenvalue weighted by atomic mass is 9.98. The van der Waals surface area contributed by atoms with Crippen LogP contribution in [0.25, 0.3) is 0 Å². The Morgan fingerprint density at radius 3 is 1.13 bits per heavy atom. The molecule has 0 amide bonds. The van der Waals surface area contributed by atoms with E-state index in [4.69, 9.17) is 56.8 Å². The molecule has 10 atom stereocenters. The van der Waals surface area contributed by atoms with Gasteiger partial charge in [0.2, 0.25) is 0 Å². The minimum atomic E-state index is -1.43. The Labute approximate surface area is 346 Å². The number of carbonyl (C=O) groups is 8. The molecule has 0 unspecified atom stereocenters. The fourth-order valence-corrected chi connectivity index (χ4v) is 6.35. The molecule has 334 valence electrons. The van der Waals surface area contributed by atoms with E-state index < -0.39 is 122 Å². The maximum atomic E-state index is 12.3. The number of esters is 8. The van der Waals surface area contributed by atoms with Crippen LogP contribution >= 0.6 is 0 Å². The number of ether oxygens (including phenoxy) is 12. The molecule has 0 aromatic heterocycles. The first-order valence-corrected chi connectivity index (χ1v) is 18.9. The van der Waals surface area contributed by atoms with Crippen molar-refractivity contribution in [2.24, 2.45) is 0 Å². The molecule has 21 nitrogen and oxygen atoms in total. The number of nitrogens with zero attached hydrogens (tertiary/aromatic N) is 1. The van der Waals surface area contributed by atoms with Crippen LogP contribution in [0.2, 0.25) is 0 Å². The van der Waals surface area contributed by atoms with Crippen LogP contribution in [0.3, 0.4) is 0 Å². The first kappa shape index (κ1) is 49.1. The first-order valence-electron chi connectivity index (χ1n) is 18.9. The summed E-state index contributed by atoms with van der Waals surface area (Å²) in [5.74, 6) is -6.09. The van der Waals surface area contributed by atoms with Crippen LogP contribution in [0.5, 0.6) is 0 Å². The highest BCUT2D eigenvalue weighted by Crippen LogP contribution is 2.31. The van der Waals surface area contributed by atoms with Crippen LogP contribution in [-0.2, 0) is 102 Å². The van der Waals surface area contributed by atoms with Gasteiger partial charge in [0, 0.05) is 75.0 Å². The first-order chi connectivity index (χ1) is 28.3. The summed E-state index contributed by atoms with van der Waals surface area (Å²) in [6.07, 6.45) is -13.7. The number of carbonyl (C=O) groups excluding carboxylic acids is 8. The molecule has 0 spiro atoms. The molecule has 0 radical (unpaired) electrons. The predicted molar refractivity (Wildman–Crippen MR) is 198 cm³/mol. The smallest absolute Gasteiger partial charge is 0.303 e. The van der Waals surface area contributed by atoms with Gasteiger partial charge in [-0.3, -0.25) is 43.3 Å². The lowest BCUT2D eigenvalue weighted by Gasteiger charge is -2.44. The quantitative estimate of drug-likeness (QED) is 0.129. The fourth-order valence-electron chi connectivity index (χ4n) is 6.35. The lowest BCUT2D eigenvalue weighted by Crippen LogP contribution is -2.63. The van der Waals surface area contributed by atoms with Crippen molar-refractivity contribution in [2.75, 3.05) is 39.5 Å². The molecule has 2 heterocycles. The van der Waals surface area contributed by atoms with Gasteiger partial charge >= 0.3 is 47.8 Å². The van der Waals surface area contributed by atoms with Crippen molar-refractivity contribution < 1.29 is 95.2 Å². The summed E-state index contributed by atoms with van der Waals surface area (Å²) in [7, 11) is 0. The van der Waals surface area contributed by atoms with Crippen LogP contribution in [-0.4, -0.2) is 154 Å². The van der Waals surface area contributed by atoms with E-state index in [1.54, 1.807) is 0 Å². The van der Waals surface area contributed by atoms with Gasteiger partial charge in [-0.05, 0) is 5.56 Å². The maximum absolute atomic E-state index is 12.3. The molecule has 2 aliphatic heterocycles. The highest BCUT2D eigenvalue weighted by Gasteiger charge is 2.54. The molecule has 21 heteroatoms. The Morgan fingerprint density at radius 2 is 0.800 bits per heavy atom. The Hall–Kier alpha value is -5.22. The van der Waals surface area contributed by atoms with E-state index in [9.17, 15) is 38.4 Å². The average molecular weight is 856 g/mol. The van der Waals surface area contributed by atoms with Crippen molar-refractivity contribution >= 4 is 47.8 Å². The minimum absolute atomic E-state index is 0.111. The third kappa shape index (κ3) is 16.4. The summed E-state index contributed by atoms with van der Waals surface area (Å²) >= 11 is 0.